The number of hydrogen-bond donors (Lipinski definition) is 1. The van der Waals surface area contributed by atoms with Crippen LogP contribution in [0.2, 0.25) is 10.0 Å². The molecule has 1 aliphatic rings. The molecule has 98 valence electrons. The first-order valence-corrected chi connectivity index (χ1v) is 6.77. The molecule has 1 saturated heterocycles. The Kier molecular flexibility index (Phi) is 4.49. The molecule has 0 unspecified atom stereocenters. The summed E-state index contributed by atoms with van der Waals surface area (Å²) in [6.07, 6.45) is 2.13. The lowest BCUT2D eigenvalue weighted by Crippen LogP contribution is -2.46. The van der Waals surface area contributed by atoms with Crippen molar-refractivity contribution in [2.24, 2.45) is 0 Å². The van der Waals surface area contributed by atoms with Gasteiger partial charge in [-0.2, -0.15) is 0 Å². The molecule has 1 amide bonds. The summed E-state index contributed by atoms with van der Waals surface area (Å²) in [6, 6.07) is 5.18. The van der Waals surface area contributed by atoms with Crippen molar-refractivity contribution in [3.05, 3.63) is 33.8 Å². The van der Waals surface area contributed by atoms with E-state index in [1.165, 1.54) is 0 Å². The molecule has 2 rings (SSSR count). The van der Waals surface area contributed by atoms with E-state index in [9.17, 15) is 4.79 Å². The van der Waals surface area contributed by atoms with Crippen LogP contribution in [0.4, 0.5) is 0 Å². The second-order valence-electron chi connectivity index (χ2n) is 4.57. The van der Waals surface area contributed by atoms with Crippen molar-refractivity contribution in [3.8, 4) is 0 Å². The van der Waals surface area contributed by atoms with Gasteiger partial charge >= 0.3 is 0 Å². The fraction of sp³-hybridized carbons (Fsp3) is 0.462. The van der Waals surface area contributed by atoms with Gasteiger partial charge in [-0.3, -0.25) is 4.79 Å². The maximum atomic E-state index is 12.3. The fourth-order valence-electron chi connectivity index (χ4n) is 2.21. The van der Waals surface area contributed by atoms with Crippen LogP contribution in [-0.2, 0) is 0 Å². The Morgan fingerprint density at radius 3 is 2.56 bits per heavy atom. The second kappa shape index (κ2) is 5.91. The zero-order valence-corrected chi connectivity index (χ0v) is 11.8. The zero-order chi connectivity index (χ0) is 13.1. The lowest BCUT2D eigenvalue weighted by Gasteiger charge is -2.31. The summed E-state index contributed by atoms with van der Waals surface area (Å²) in [5.74, 6) is -0.0342. The molecule has 0 radical (unpaired) electrons. The Hall–Kier alpha value is -0.770. The topological polar surface area (TPSA) is 32.3 Å². The zero-order valence-electron chi connectivity index (χ0n) is 10.2. The van der Waals surface area contributed by atoms with Crippen molar-refractivity contribution in [2.75, 3.05) is 20.1 Å². The van der Waals surface area contributed by atoms with E-state index >= 15 is 0 Å². The molecular formula is C13H16Cl2N2O. The minimum atomic E-state index is -0.0342. The largest absolute Gasteiger partial charge is 0.337 e. The van der Waals surface area contributed by atoms with E-state index in [1.807, 2.05) is 7.05 Å². The Balaban J connectivity index is 2.14. The van der Waals surface area contributed by atoms with E-state index in [1.54, 1.807) is 23.1 Å². The first-order chi connectivity index (χ1) is 8.58. The quantitative estimate of drug-likeness (QED) is 0.907. The van der Waals surface area contributed by atoms with E-state index in [0.717, 1.165) is 25.9 Å². The number of carbonyl (C=O) groups excluding carboxylic acids is 1. The van der Waals surface area contributed by atoms with E-state index in [4.69, 9.17) is 23.2 Å². The molecule has 3 nitrogen and oxygen atoms in total. The summed E-state index contributed by atoms with van der Waals surface area (Å²) in [7, 11) is 1.83. The number of halogens is 2. The lowest BCUT2D eigenvalue weighted by atomic mass is 10.1. The van der Waals surface area contributed by atoms with E-state index in [0.29, 0.717) is 15.6 Å². The van der Waals surface area contributed by atoms with Crippen LogP contribution in [0, 0.1) is 0 Å². The number of benzene rings is 1. The molecule has 1 fully saturated rings. The molecule has 1 N–H and O–H groups in total. The summed E-state index contributed by atoms with van der Waals surface area (Å²) < 4.78 is 0. The average molecular weight is 287 g/mol. The number of amides is 1. The number of likely N-dealkylation sites (N-methyl/N-ethyl adjacent to an activating group) is 1. The van der Waals surface area contributed by atoms with Crippen molar-refractivity contribution in [1.29, 1.82) is 0 Å². The number of rotatable bonds is 2. The monoisotopic (exact) mass is 286 g/mol. The maximum absolute atomic E-state index is 12.3. The van der Waals surface area contributed by atoms with Gasteiger partial charge in [-0.25, -0.2) is 0 Å². The molecule has 5 heteroatoms. The van der Waals surface area contributed by atoms with E-state index in [-0.39, 0.29) is 11.9 Å². The van der Waals surface area contributed by atoms with Crippen molar-refractivity contribution >= 4 is 29.1 Å². The third-order valence-corrected chi connectivity index (χ3v) is 3.68. The molecule has 0 aliphatic carbocycles. The van der Waals surface area contributed by atoms with Crippen molar-refractivity contribution in [2.45, 2.75) is 18.9 Å². The smallest absolute Gasteiger partial charge is 0.253 e. The Labute approximate surface area is 117 Å². The van der Waals surface area contributed by atoms with Crippen LogP contribution in [0.15, 0.2) is 18.2 Å². The number of nitrogens with zero attached hydrogens (tertiary/aromatic N) is 1. The first kappa shape index (κ1) is 13.7. The van der Waals surface area contributed by atoms with Crippen molar-refractivity contribution in [3.63, 3.8) is 0 Å². The predicted molar refractivity (Wildman–Crippen MR) is 74.4 cm³/mol. The maximum Gasteiger partial charge on any atom is 0.253 e. The third kappa shape index (κ3) is 3.16. The second-order valence-corrected chi connectivity index (χ2v) is 5.45. The van der Waals surface area contributed by atoms with Gasteiger partial charge in [0.25, 0.3) is 5.91 Å². The van der Waals surface area contributed by atoms with Gasteiger partial charge in [0.1, 0.15) is 0 Å². The number of piperidine rings is 1. The van der Waals surface area contributed by atoms with Gasteiger partial charge in [0.2, 0.25) is 0 Å². The summed E-state index contributed by atoms with van der Waals surface area (Å²) >= 11 is 11.8. The molecule has 1 atom stereocenters. The standard InChI is InChI=1S/C13H16Cl2N2O/c1-17(12-3-2-4-16-8-12)13(18)9-5-10(14)7-11(15)6-9/h5-7,12,16H,2-4,8H2,1H3/t12-/m1/s1. The number of carbonyl (C=O) groups is 1. The van der Waals surface area contributed by atoms with Crippen molar-refractivity contribution in [1.82, 2.24) is 10.2 Å². The average Bonchev–Trinajstić information content (AvgIpc) is 2.37. The first-order valence-electron chi connectivity index (χ1n) is 6.02. The summed E-state index contributed by atoms with van der Waals surface area (Å²) in [4.78, 5) is 14.1. The molecule has 0 bridgehead atoms. The SMILES string of the molecule is CN(C(=O)c1cc(Cl)cc(Cl)c1)[C@@H]1CCCNC1. The lowest BCUT2D eigenvalue weighted by molar-refractivity contribution is 0.0708. The summed E-state index contributed by atoms with van der Waals surface area (Å²) in [5.41, 5.74) is 0.542. The molecular weight excluding hydrogens is 271 g/mol. The minimum absolute atomic E-state index is 0.0342. The third-order valence-electron chi connectivity index (χ3n) is 3.25. The molecule has 0 saturated carbocycles. The van der Waals surface area contributed by atoms with Crippen LogP contribution in [0.25, 0.3) is 0 Å². The molecule has 18 heavy (non-hydrogen) atoms. The van der Waals surface area contributed by atoms with Gasteiger partial charge in [-0.05, 0) is 37.6 Å². The fourth-order valence-corrected chi connectivity index (χ4v) is 2.74. The summed E-state index contributed by atoms with van der Waals surface area (Å²) in [5, 5.41) is 4.27. The molecule has 1 aliphatic heterocycles. The Morgan fingerprint density at radius 1 is 1.33 bits per heavy atom. The highest BCUT2D eigenvalue weighted by Gasteiger charge is 2.23. The van der Waals surface area contributed by atoms with Gasteiger partial charge < -0.3 is 10.2 Å². The molecule has 0 spiro atoms. The van der Waals surface area contributed by atoms with Crippen molar-refractivity contribution < 1.29 is 4.79 Å². The Morgan fingerprint density at radius 2 is 2.00 bits per heavy atom. The van der Waals surface area contributed by atoms with Crippen LogP contribution in [0.5, 0.6) is 0 Å². The van der Waals surface area contributed by atoms with Crippen LogP contribution >= 0.6 is 23.2 Å². The number of nitrogens with one attached hydrogen (secondary N) is 1. The Bertz CT molecular complexity index is 424. The number of hydrogen-bond acceptors (Lipinski definition) is 2. The van der Waals surface area contributed by atoms with Crippen LogP contribution < -0.4 is 5.32 Å². The minimum Gasteiger partial charge on any atom is -0.337 e. The van der Waals surface area contributed by atoms with Crippen LogP contribution in [-0.4, -0.2) is 37.0 Å². The van der Waals surface area contributed by atoms with Gasteiger partial charge in [-0.1, -0.05) is 23.2 Å². The van der Waals surface area contributed by atoms with E-state index in [2.05, 4.69) is 5.32 Å². The van der Waals surface area contributed by atoms with Crippen LogP contribution in [0.3, 0.4) is 0 Å². The molecule has 0 aromatic heterocycles. The molecule has 1 aromatic rings. The normalized spacial score (nSPS) is 19.6. The molecule has 1 heterocycles. The van der Waals surface area contributed by atoms with Gasteiger partial charge in [0.05, 0.1) is 0 Å². The van der Waals surface area contributed by atoms with Crippen LogP contribution in [0.1, 0.15) is 23.2 Å². The predicted octanol–water partition coefficient (Wildman–Crippen LogP) is 2.82. The van der Waals surface area contributed by atoms with Gasteiger partial charge in [0.15, 0.2) is 0 Å². The highest BCUT2D eigenvalue weighted by Crippen LogP contribution is 2.21. The van der Waals surface area contributed by atoms with Gasteiger partial charge in [-0.15, -0.1) is 0 Å². The highest BCUT2D eigenvalue weighted by molar-refractivity contribution is 6.35. The van der Waals surface area contributed by atoms with Gasteiger partial charge in [0, 0.05) is 35.2 Å². The van der Waals surface area contributed by atoms with E-state index < -0.39 is 0 Å². The summed E-state index contributed by atoms with van der Waals surface area (Å²) in [6.45, 7) is 1.87. The highest BCUT2D eigenvalue weighted by atomic mass is 35.5. The molecule has 1 aromatic carbocycles.